The van der Waals surface area contributed by atoms with Gasteiger partial charge in [-0.25, -0.2) is 8.42 Å². The van der Waals surface area contributed by atoms with Crippen molar-refractivity contribution in [1.82, 2.24) is 5.32 Å². The first-order chi connectivity index (χ1) is 9.43. The molecule has 1 aromatic rings. The summed E-state index contributed by atoms with van der Waals surface area (Å²) in [6, 6.07) is 5.72. The van der Waals surface area contributed by atoms with Crippen LogP contribution in [0.15, 0.2) is 18.2 Å². The highest BCUT2D eigenvalue weighted by Gasteiger charge is 2.12. The van der Waals surface area contributed by atoms with E-state index in [1.54, 1.807) is 21.1 Å². The van der Waals surface area contributed by atoms with Crippen molar-refractivity contribution in [1.29, 1.82) is 0 Å². The van der Waals surface area contributed by atoms with Crippen LogP contribution in [0, 0.1) is 0 Å². The van der Waals surface area contributed by atoms with Crippen molar-refractivity contribution in [3.05, 3.63) is 23.8 Å². The molecule has 114 valence electrons. The summed E-state index contributed by atoms with van der Waals surface area (Å²) < 4.78 is 33.3. The number of nitrogens with one attached hydrogen (secondary N) is 1. The number of hydrogen-bond acceptors (Lipinski definition) is 5. The van der Waals surface area contributed by atoms with E-state index in [-0.39, 0.29) is 17.5 Å². The van der Waals surface area contributed by atoms with E-state index in [1.165, 1.54) is 0 Å². The quantitative estimate of drug-likeness (QED) is 0.793. The molecule has 0 radical (unpaired) electrons. The van der Waals surface area contributed by atoms with Crippen LogP contribution in [0.2, 0.25) is 0 Å². The van der Waals surface area contributed by atoms with Crippen molar-refractivity contribution in [2.45, 2.75) is 19.9 Å². The van der Waals surface area contributed by atoms with Crippen LogP contribution in [0.5, 0.6) is 11.5 Å². The summed E-state index contributed by atoms with van der Waals surface area (Å²) in [6.07, 6.45) is 0. The Labute approximate surface area is 121 Å². The van der Waals surface area contributed by atoms with Crippen molar-refractivity contribution >= 4 is 9.84 Å². The second kappa shape index (κ2) is 7.50. The van der Waals surface area contributed by atoms with E-state index < -0.39 is 9.84 Å². The molecule has 0 bridgehead atoms. The van der Waals surface area contributed by atoms with Gasteiger partial charge < -0.3 is 14.8 Å². The number of methoxy groups -OCH3 is 2. The van der Waals surface area contributed by atoms with E-state index >= 15 is 0 Å². The van der Waals surface area contributed by atoms with Crippen molar-refractivity contribution in [3.8, 4) is 11.5 Å². The zero-order valence-electron chi connectivity index (χ0n) is 12.5. The van der Waals surface area contributed by atoms with Gasteiger partial charge >= 0.3 is 0 Å². The Morgan fingerprint density at radius 1 is 1.20 bits per heavy atom. The van der Waals surface area contributed by atoms with Gasteiger partial charge in [-0.05, 0) is 24.6 Å². The van der Waals surface area contributed by atoms with Gasteiger partial charge in [-0.3, -0.25) is 0 Å². The summed E-state index contributed by atoms with van der Waals surface area (Å²) >= 11 is 0. The number of hydrogen-bond donors (Lipinski definition) is 1. The van der Waals surface area contributed by atoms with Gasteiger partial charge in [0, 0.05) is 18.3 Å². The van der Waals surface area contributed by atoms with E-state index in [4.69, 9.17) is 9.47 Å². The maximum Gasteiger partial charge on any atom is 0.161 e. The predicted molar refractivity (Wildman–Crippen MR) is 80.3 cm³/mol. The van der Waals surface area contributed by atoms with E-state index in [0.717, 1.165) is 5.56 Å². The van der Waals surface area contributed by atoms with Crippen LogP contribution < -0.4 is 14.8 Å². The van der Waals surface area contributed by atoms with Crippen LogP contribution in [0.3, 0.4) is 0 Å². The summed E-state index contributed by atoms with van der Waals surface area (Å²) in [5.41, 5.74) is 1.02. The SMILES string of the molecule is CCS(=O)(=O)CCNC(C)c1ccc(OC)c(OC)c1. The van der Waals surface area contributed by atoms with E-state index in [2.05, 4.69) is 5.32 Å². The van der Waals surface area contributed by atoms with Gasteiger partial charge in [0.1, 0.15) is 0 Å². The molecule has 0 aliphatic rings. The van der Waals surface area contributed by atoms with Crippen LogP contribution in [0.4, 0.5) is 0 Å². The number of rotatable bonds is 8. The van der Waals surface area contributed by atoms with Crippen LogP contribution in [0.1, 0.15) is 25.5 Å². The highest BCUT2D eigenvalue weighted by Crippen LogP contribution is 2.29. The van der Waals surface area contributed by atoms with Gasteiger partial charge in [0.2, 0.25) is 0 Å². The average Bonchev–Trinajstić information content (AvgIpc) is 2.46. The fraction of sp³-hybridized carbons (Fsp3) is 0.571. The number of benzene rings is 1. The third-order valence-corrected chi connectivity index (χ3v) is 4.92. The van der Waals surface area contributed by atoms with Gasteiger partial charge in [0.15, 0.2) is 21.3 Å². The molecule has 0 saturated carbocycles. The molecule has 6 heteroatoms. The standard InChI is InChI=1S/C14H23NO4S/c1-5-20(16,17)9-8-15-11(2)12-6-7-13(18-3)14(10-12)19-4/h6-7,10-11,15H,5,8-9H2,1-4H3. The smallest absolute Gasteiger partial charge is 0.161 e. The van der Waals surface area contributed by atoms with Gasteiger partial charge in [-0.2, -0.15) is 0 Å². The molecule has 0 heterocycles. The molecular formula is C14H23NO4S. The first kappa shape index (κ1) is 16.8. The minimum absolute atomic E-state index is 0.0434. The van der Waals surface area contributed by atoms with Crippen LogP contribution >= 0.6 is 0 Å². The summed E-state index contributed by atoms with van der Waals surface area (Å²) in [4.78, 5) is 0. The van der Waals surface area contributed by atoms with Gasteiger partial charge in [0.05, 0.1) is 20.0 Å². The first-order valence-corrected chi connectivity index (χ1v) is 8.41. The fourth-order valence-electron chi connectivity index (χ4n) is 1.82. The summed E-state index contributed by atoms with van der Waals surface area (Å²) in [5, 5.41) is 3.20. The normalized spacial score (nSPS) is 13.0. The lowest BCUT2D eigenvalue weighted by atomic mass is 10.1. The first-order valence-electron chi connectivity index (χ1n) is 6.59. The Bertz CT molecular complexity index is 528. The summed E-state index contributed by atoms with van der Waals surface area (Å²) in [6.45, 7) is 4.08. The molecule has 1 unspecified atom stereocenters. The van der Waals surface area contributed by atoms with Crippen LogP contribution in [-0.2, 0) is 9.84 Å². The van der Waals surface area contributed by atoms with Crippen molar-refractivity contribution in [3.63, 3.8) is 0 Å². The van der Waals surface area contributed by atoms with Crippen LogP contribution in [-0.4, -0.2) is 40.7 Å². The molecule has 0 spiro atoms. The summed E-state index contributed by atoms with van der Waals surface area (Å²) in [7, 11) is 0.255. The Hall–Kier alpha value is -1.27. The molecule has 1 N–H and O–H groups in total. The third kappa shape index (κ3) is 4.68. The lowest BCUT2D eigenvalue weighted by Crippen LogP contribution is -2.26. The highest BCUT2D eigenvalue weighted by molar-refractivity contribution is 7.91. The maximum absolute atomic E-state index is 11.4. The van der Waals surface area contributed by atoms with Gasteiger partial charge in [0.25, 0.3) is 0 Å². The summed E-state index contributed by atoms with van der Waals surface area (Å²) in [5.74, 6) is 1.68. The molecule has 0 amide bonds. The number of sulfone groups is 1. The van der Waals surface area contributed by atoms with E-state index in [1.807, 2.05) is 25.1 Å². The minimum Gasteiger partial charge on any atom is -0.493 e. The molecule has 0 fully saturated rings. The molecule has 0 aliphatic heterocycles. The van der Waals surface area contributed by atoms with Crippen molar-refractivity contribution in [2.75, 3.05) is 32.3 Å². The van der Waals surface area contributed by atoms with Crippen molar-refractivity contribution in [2.24, 2.45) is 0 Å². The Morgan fingerprint density at radius 3 is 2.40 bits per heavy atom. The molecule has 0 saturated heterocycles. The zero-order valence-corrected chi connectivity index (χ0v) is 13.3. The van der Waals surface area contributed by atoms with Gasteiger partial charge in [-0.1, -0.05) is 13.0 Å². The highest BCUT2D eigenvalue weighted by atomic mass is 32.2. The molecule has 1 aromatic carbocycles. The fourth-order valence-corrected chi connectivity index (χ4v) is 2.53. The van der Waals surface area contributed by atoms with Gasteiger partial charge in [-0.15, -0.1) is 0 Å². The average molecular weight is 301 g/mol. The predicted octanol–water partition coefficient (Wildman–Crippen LogP) is 1.79. The molecular weight excluding hydrogens is 278 g/mol. The second-order valence-electron chi connectivity index (χ2n) is 4.53. The van der Waals surface area contributed by atoms with E-state index in [9.17, 15) is 8.42 Å². The second-order valence-corrected chi connectivity index (χ2v) is 7.00. The number of ether oxygens (including phenoxy) is 2. The molecule has 0 aromatic heterocycles. The van der Waals surface area contributed by atoms with E-state index in [0.29, 0.717) is 18.0 Å². The molecule has 20 heavy (non-hydrogen) atoms. The lowest BCUT2D eigenvalue weighted by molar-refractivity contribution is 0.354. The largest absolute Gasteiger partial charge is 0.493 e. The monoisotopic (exact) mass is 301 g/mol. The minimum atomic E-state index is -2.93. The zero-order chi connectivity index (χ0) is 15.2. The topological polar surface area (TPSA) is 64.6 Å². The van der Waals surface area contributed by atoms with Crippen molar-refractivity contribution < 1.29 is 17.9 Å². The Morgan fingerprint density at radius 2 is 1.85 bits per heavy atom. The maximum atomic E-state index is 11.4. The Balaban J connectivity index is 2.66. The lowest BCUT2D eigenvalue weighted by Gasteiger charge is -2.16. The molecule has 1 rings (SSSR count). The molecule has 5 nitrogen and oxygen atoms in total. The molecule has 1 atom stereocenters. The van der Waals surface area contributed by atoms with Crippen LogP contribution in [0.25, 0.3) is 0 Å². The third-order valence-electron chi connectivity index (χ3n) is 3.21. The Kier molecular flexibility index (Phi) is 6.29. The molecule has 0 aliphatic carbocycles.